The van der Waals surface area contributed by atoms with Crippen molar-refractivity contribution < 1.29 is 18.7 Å². The quantitative estimate of drug-likeness (QED) is 0.555. The van der Waals surface area contributed by atoms with Gasteiger partial charge in [-0.2, -0.15) is 0 Å². The maximum atomic E-state index is 14.7. The van der Waals surface area contributed by atoms with Crippen LogP contribution >= 0.6 is 15.9 Å². The van der Waals surface area contributed by atoms with Crippen LogP contribution in [0.25, 0.3) is 11.4 Å². The summed E-state index contributed by atoms with van der Waals surface area (Å²) < 4.78 is 27.9. The van der Waals surface area contributed by atoms with E-state index >= 15 is 0 Å². The first-order valence-electron chi connectivity index (χ1n) is 9.96. The standard InChI is InChI=1S/C22H22BrFN4O3/c1-30-17-10-13(11-18(31-2)20(17)23)22(29)25-14-7-8-16(24)15(12-14)21-27-26-19-6-4-3-5-9-28(19)21/h7-8,10-12H,3-6,9H2,1-2H3,(H,25,29). The predicted molar refractivity (Wildman–Crippen MR) is 118 cm³/mol. The molecule has 4 rings (SSSR count). The Morgan fingerprint density at radius 2 is 1.84 bits per heavy atom. The minimum atomic E-state index is -0.413. The third-order valence-electron chi connectivity index (χ3n) is 5.28. The number of nitrogens with one attached hydrogen (secondary N) is 1. The summed E-state index contributed by atoms with van der Waals surface area (Å²) in [5, 5.41) is 11.3. The second kappa shape index (κ2) is 9.05. The first kappa shape index (κ1) is 21.3. The normalized spacial score (nSPS) is 13.3. The number of anilines is 1. The lowest BCUT2D eigenvalue weighted by Gasteiger charge is -2.13. The highest BCUT2D eigenvalue weighted by Crippen LogP contribution is 2.36. The number of rotatable bonds is 5. The van der Waals surface area contributed by atoms with E-state index in [1.165, 1.54) is 26.4 Å². The van der Waals surface area contributed by atoms with Crippen LogP contribution in [-0.4, -0.2) is 34.9 Å². The van der Waals surface area contributed by atoms with Crippen molar-refractivity contribution in [3.05, 3.63) is 52.0 Å². The van der Waals surface area contributed by atoms with E-state index in [0.717, 1.165) is 38.1 Å². The van der Waals surface area contributed by atoms with Gasteiger partial charge in [0, 0.05) is 24.2 Å². The van der Waals surface area contributed by atoms with Crippen molar-refractivity contribution in [2.24, 2.45) is 0 Å². The third kappa shape index (κ3) is 4.27. The topological polar surface area (TPSA) is 78.3 Å². The van der Waals surface area contributed by atoms with Crippen molar-refractivity contribution >= 4 is 27.5 Å². The predicted octanol–water partition coefficient (Wildman–Crippen LogP) is 4.84. The molecule has 9 heteroatoms. The summed E-state index contributed by atoms with van der Waals surface area (Å²) >= 11 is 3.39. The van der Waals surface area contributed by atoms with Crippen molar-refractivity contribution in [3.63, 3.8) is 0 Å². The highest BCUT2D eigenvalue weighted by atomic mass is 79.9. The van der Waals surface area contributed by atoms with E-state index in [1.54, 1.807) is 18.2 Å². The molecule has 1 aliphatic rings. The number of hydrogen-bond donors (Lipinski definition) is 1. The number of carbonyl (C=O) groups excluding carboxylic acids is 1. The number of fused-ring (bicyclic) bond motifs is 1. The van der Waals surface area contributed by atoms with Gasteiger partial charge in [0.25, 0.3) is 5.91 Å². The minimum absolute atomic E-state index is 0.310. The summed E-state index contributed by atoms with van der Waals surface area (Å²) in [4.78, 5) is 12.9. The summed E-state index contributed by atoms with van der Waals surface area (Å²) in [6, 6.07) is 7.63. The number of halogens is 2. The number of methoxy groups -OCH3 is 2. The van der Waals surface area contributed by atoms with Crippen molar-refractivity contribution in [2.45, 2.75) is 32.2 Å². The van der Waals surface area contributed by atoms with Crippen molar-refractivity contribution in [1.29, 1.82) is 0 Å². The van der Waals surface area contributed by atoms with Gasteiger partial charge in [-0.15, -0.1) is 10.2 Å². The lowest BCUT2D eigenvalue weighted by Crippen LogP contribution is -2.13. The Morgan fingerprint density at radius 3 is 2.55 bits per heavy atom. The third-order valence-corrected chi connectivity index (χ3v) is 6.06. The molecule has 2 aromatic carbocycles. The van der Waals surface area contributed by atoms with Gasteiger partial charge in [0.2, 0.25) is 0 Å². The summed E-state index contributed by atoms with van der Waals surface area (Å²) in [5.41, 5.74) is 1.11. The molecule has 1 N–H and O–H groups in total. The highest BCUT2D eigenvalue weighted by molar-refractivity contribution is 9.10. The molecule has 0 bridgehead atoms. The van der Waals surface area contributed by atoms with Gasteiger partial charge in [-0.1, -0.05) is 6.42 Å². The van der Waals surface area contributed by atoms with E-state index in [1.807, 2.05) is 4.57 Å². The molecule has 7 nitrogen and oxygen atoms in total. The molecule has 0 unspecified atom stereocenters. The van der Waals surface area contributed by atoms with Gasteiger partial charge < -0.3 is 19.4 Å². The van der Waals surface area contributed by atoms with E-state index < -0.39 is 5.82 Å². The molecule has 162 valence electrons. The SMILES string of the molecule is COc1cc(C(=O)Nc2ccc(F)c(-c3nnc4n3CCCCC4)c2)cc(OC)c1Br. The van der Waals surface area contributed by atoms with Crippen molar-refractivity contribution in [1.82, 2.24) is 14.8 Å². The van der Waals surface area contributed by atoms with E-state index in [-0.39, 0.29) is 5.91 Å². The molecule has 0 radical (unpaired) electrons. The van der Waals surface area contributed by atoms with E-state index in [4.69, 9.17) is 9.47 Å². The summed E-state index contributed by atoms with van der Waals surface area (Å²) in [6.45, 7) is 0.756. The van der Waals surface area contributed by atoms with Crippen molar-refractivity contribution in [2.75, 3.05) is 19.5 Å². The Balaban J connectivity index is 1.64. The molecule has 0 saturated heterocycles. The van der Waals surface area contributed by atoms with Crippen LogP contribution in [0, 0.1) is 5.82 Å². The zero-order valence-corrected chi connectivity index (χ0v) is 18.8. The number of hydrogen-bond acceptors (Lipinski definition) is 5. The van der Waals surface area contributed by atoms with Gasteiger partial charge >= 0.3 is 0 Å². The fraction of sp³-hybridized carbons (Fsp3) is 0.318. The molecule has 0 fully saturated rings. The van der Waals surface area contributed by atoms with Gasteiger partial charge in [-0.05, 0) is 59.1 Å². The number of aryl methyl sites for hydroxylation is 1. The lowest BCUT2D eigenvalue weighted by atomic mass is 10.1. The molecule has 31 heavy (non-hydrogen) atoms. The Bertz CT molecular complexity index is 1110. The maximum absolute atomic E-state index is 14.7. The number of aromatic nitrogens is 3. The summed E-state index contributed by atoms with van der Waals surface area (Å²) in [6.07, 6.45) is 4.00. The van der Waals surface area contributed by atoms with Crippen LogP contribution in [0.4, 0.5) is 10.1 Å². The van der Waals surface area contributed by atoms with E-state index in [0.29, 0.717) is 38.6 Å². The first-order valence-corrected chi connectivity index (χ1v) is 10.8. The Labute approximate surface area is 187 Å². The highest BCUT2D eigenvalue weighted by Gasteiger charge is 2.20. The number of nitrogens with zero attached hydrogens (tertiary/aromatic N) is 3. The average molecular weight is 489 g/mol. The van der Waals surface area contributed by atoms with Gasteiger partial charge in [-0.25, -0.2) is 4.39 Å². The molecular weight excluding hydrogens is 467 g/mol. The van der Waals surface area contributed by atoms with Crippen LogP contribution in [0.1, 0.15) is 35.4 Å². The molecule has 0 saturated carbocycles. The van der Waals surface area contributed by atoms with Gasteiger partial charge in [-0.3, -0.25) is 4.79 Å². The Kier molecular flexibility index (Phi) is 6.22. The Hall–Kier alpha value is -2.94. The molecule has 0 spiro atoms. The number of ether oxygens (including phenoxy) is 2. The van der Waals surface area contributed by atoms with Crippen LogP contribution in [-0.2, 0) is 13.0 Å². The molecule has 0 atom stereocenters. The fourth-order valence-electron chi connectivity index (χ4n) is 3.66. The molecule has 1 aromatic heterocycles. The summed E-state index contributed by atoms with van der Waals surface area (Å²) in [7, 11) is 3.02. The fourth-order valence-corrected chi connectivity index (χ4v) is 4.22. The van der Waals surface area contributed by atoms with E-state index in [2.05, 4.69) is 31.4 Å². The zero-order chi connectivity index (χ0) is 22.0. The second-order valence-corrected chi connectivity index (χ2v) is 8.04. The van der Waals surface area contributed by atoms with Crippen molar-refractivity contribution in [3.8, 4) is 22.9 Å². The van der Waals surface area contributed by atoms with Gasteiger partial charge in [0.1, 0.15) is 27.6 Å². The average Bonchev–Trinajstić information content (AvgIpc) is 3.02. The van der Waals surface area contributed by atoms with Crippen LogP contribution in [0.5, 0.6) is 11.5 Å². The molecule has 1 aliphatic heterocycles. The van der Waals surface area contributed by atoms with Crippen LogP contribution < -0.4 is 14.8 Å². The number of benzene rings is 2. The molecule has 2 heterocycles. The van der Waals surface area contributed by atoms with Crippen LogP contribution in [0.2, 0.25) is 0 Å². The van der Waals surface area contributed by atoms with Gasteiger partial charge in [0.15, 0.2) is 5.82 Å². The van der Waals surface area contributed by atoms with Crippen LogP contribution in [0.15, 0.2) is 34.8 Å². The number of amides is 1. The first-order chi connectivity index (χ1) is 15.0. The maximum Gasteiger partial charge on any atom is 0.255 e. The largest absolute Gasteiger partial charge is 0.495 e. The summed E-state index contributed by atoms with van der Waals surface area (Å²) in [5.74, 6) is 1.50. The smallest absolute Gasteiger partial charge is 0.255 e. The lowest BCUT2D eigenvalue weighted by molar-refractivity contribution is 0.102. The zero-order valence-electron chi connectivity index (χ0n) is 17.2. The second-order valence-electron chi connectivity index (χ2n) is 7.25. The minimum Gasteiger partial charge on any atom is -0.495 e. The molecule has 3 aromatic rings. The Morgan fingerprint density at radius 1 is 1.10 bits per heavy atom. The van der Waals surface area contributed by atoms with E-state index in [9.17, 15) is 9.18 Å². The number of carbonyl (C=O) groups is 1. The van der Waals surface area contributed by atoms with Crippen LogP contribution in [0.3, 0.4) is 0 Å². The monoisotopic (exact) mass is 488 g/mol. The van der Waals surface area contributed by atoms with Gasteiger partial charge in [0.05, 0.1) is 19.8 Å². The molecular formula is C22H22BrFN4O3. The molecule has 1 amide bonds. The molecule has 0 aliphatic carbocycles.